The second kappa shape index (κ2) is 4.21. The van der Waals surface area contributed by atoms with Crippen LogP contribution in [0.3, 0.4) is 0 Å². The van der Waals surface area contributed by atoms with Gasteiger partial charge in [-0.15, -0.1) is 0 Å². The number of aliphatic hydroxyl groups is 1. The van der Waals surface area contributed by atoms with Gasteiger partial charge in [0.15, 0.2) is 5.60 Å². The standard InChI is InChI=1S/C16H15NO2/c1-2-11-7-9-12(10-8-11)16(19)13-5-3-4-6-14(13)17-15(16)18/h3-10,19H,2H2,1H3,(H,17,18). The van der Waals surface area contributed by atoms with Gasteiger partial charge in [0.2, 0.25) is 0 Å². The Morgan fingerprint density at radius 2 is 1.79 bits per heavy atom. The zero-order chi connectivity index (χ0) is 13.5. The number of carbonyl (C=O) groups is 1. The maximum Gasteiger partial charge on any atom is 0.265 e. The summed E-state index contributed by atoms with van der Waals surface area (Å²) in [6.07, 6.45) is 0.932. The molecule has 0 spiro atoms. The van der Waals surface area contributed by atoms with Gasteiger partial charge in [-0.2, -0.15) is 0 Å². The van der Waals surface area contributed by atoms with Gasteiger partial charge < -0.3 is 10.4 Å². The van der Waals surface area contributed by atoms with Crippen molar-refractivity contribution in [1.82, 2.24) is 0 Å². The van der Waals surface area contributed by atoms with Crippen LogP contribution >= 0.6 is 0 Å². The minimum atomic E-state index is -1.58. The fourth-order valence-electron chi connectivity index (χ4n) is 2.51. The fourth-order valence-corrected chi connectivity index (χ4v) is 2.51. The van der Waals surface area contributed by atoms with E-state index in [-0.39, 0.29) is 0 Å². The molecule has 0 radical (unpaired) electrons. The molecule has 1 heterocycles. The van der Waals surface area contributed by atoms with Crippen LogP contribution in [0, 0.1) is 0 Å². The normalized spacial score (nSPS) is 21.1. The van der Waals surface area contributed by atoms with Gasteiger partial charge in [0.05, 0.1) is 0 Å². The van der Waals surface area contributed by atoms with E-state index in [0.717, 1.165) is 6.42 Å². The molecule has 0 fully saturated rings. The lowest BCUT2D eigenvalue weighted by atomic mass is 9.87. The molecule has 3 nitrogen and oxygen atoms in total. The Balaban J connectivity index is 2.14. The second-order valence-electron chi connectivity index (χ2n) is 4.76. The molecular weight excluding hydrogens is 238 g/mol. The Morgan fingerprint density at radius 3 is 2.47 bits per heavy atom. The molecule has 1 atom stereocenters. The van der Waals surface area contributed by atoms with Crippen LogP contribution in [0.1, 0.15) is 23.6 Å². The molecule has 2 N–H and O–H groups in total. The van der Waals surface area contributed by atoms with Gasteiger partial charge in [0.25, 0.3) is 5.91 Å². The first-order valence-electron chi connectivity index (χ1n) is 6.39. The summed E-state index contributed by atoms with van der Waals surface area (Å²) in [6, 6.07) is 14.8. The first-order valence-corrected chi connectivity index (χ1v) is 6.39. The summed E-state index contributed by atoms with van der Waals surface area (Å²) in [5.74, 6) is -0.391. The molecular formula is C16H15NO2. The summed E-state index contributed by atoms with van der Waals surface area (Å²) in [7, 11) is 0. The van der Waals surface area contributed by atoms with Gasteiger partial charge in [-0.3, -0.25) is 4.79 Å². The Labute approximate surface area is 111 Å². The maximum absolute atomic E-state index is 12.1. The average molecular weight is 253 g/mol. The van der Waals surface area contributed by atoms with Crippen LogP contribution in [-0.4, -0.2) is 11.0 Å². The third kappa shape index (κ3) is 1.66. The van der Waals surface area contributed by atoms with Crippen molar-refractivity contribution in [2.75, 3.05) is 5.32 Å². The first-order chi connectivity index (χ1) is 9.16. The Bertz CT molecular complexity index is 633. The minimum Gasteiger partial charge on any atom is -0.372 e. The van der Waals surface area contributed by atoms with Gasteiger partial charge in [0, 0.05) is 11.3 Å². The summed E-state index contributed by atoms with van der Waals surface area (Å²) >= 11 is 0. The SMILES string of the molecule is CCc1ccc(C2(O)C(=O)Nc3ccccc32)cc1. The highest BCUT2D eigenvalue weighted by Crippen LogP contribution is 2.40. The molecule has 0 saturated heterocycles. The van der Waals surface area contributed by atoms with Gasteiger partial charge in [-0.1, -0.05) is 49.4 Å². The highest BCUT2D eigenvalue weighted by Gasteiger charge is 2.46. The first kappa shape index (κ1) is 11.9. The van der Waals surface area contributed by atoms with Crippen molar-refractivity contribution >= 4 is 11.6 Å². The van der Waals surface area contributed by atoms with Crippen molar-refractivity contribution in [3.05, 3.63) is 65.2 Å². The number of aryl methyl sites for hydroxylation is 1. The Morgan fingerprint density at radius 1 is 1.11 bits per heavy atom. The van der Waals surface area contributed by atoms with Crippen molar-refractivity contribution < 1.29 is 9.90 Å². The van der Waals surface area contributed by atoms with Crippen LogP contribution in [0.2, 0.25) is 0 Å². The predicted molar refractivity (Wildman–Crippen MR) is 73.9 cm³/mol. The predicted octanol–water partition coefficient (Wildman–Crippen LogP) is 2.44. The molecule has 0 aliphatic carbocycles. The summed E-state index contributed by atoms with van der Waals surface area (Å²) < 4.78 is 0. The highest BCUT2D eigenvalue weighted by molar-refractivity contribution is 6.07. The molecule has 0 bridgehead atoms. The van der Waals surface area contributed by atoms with E-state index >= 15 is 0 Å². The van der Waals surface area contributed by atoms with E-state index in [9.17, 15) is 9.90 Å². The van der Waals surface area contributed by atoms with Crippen molar-refractivity contribution in [3.63, 3.8) is 0 Å². The lowest BCUT2D eigenvalue weighted by Gasteiger charge is -2.21. The summed E-state index contributed by atoms with van der Waals surface area (Å²) in [6.45, 7) is 2.07. The van der Waals surface area contributed by atoms with Crippen molar-refractivity contribution in [2.45, 2.75) is 18.9 Å². The second-order valence-corrected chi connectivity index (χ2v) is 4.76. The average Bonchev–Trinajstić information content (AvgIpc) is 2.72. The van der Waals surface area contributed by atoms with Gasteiger partial charge in [-0.05, 0) is 23.6 Å². The smallest absolute Gasteiger partial charge is 0.265 e. The van der Waals surface area contributed by atoms with Gasteiger partial charge >= 0.3 is 0 Å². The molecule has 19 heavy (non-hydrogen) atoms. The van der Waals surface area contributed by atoms with E-state index in [2.05, 4.69) is 12.2 Å². The van der Waals surface area contributed by atoms with Crippen LogP contribution in [0.15, 0.2) is 48.5 Å². The molecule has 0 saturated carbocycles. The van der Waals surface area contributed by atoms with Gasteiger partial charge in [-0.25, -0.2) is 0 Å². The topological polar surface area (TPSA) is 49.3 Å². The molecule has 2 aromatic carbocycles. The third-order valence-electron chi connectivity index (χ3n) is 3.67. The monoisotopic (exact) mass is 253 g/mol. The third-order valence-corrected chi connectivity index (χ3v) is 3.67. The molecule has 2 aromatic rings. The minimum absolute atomic E-state index is 0.391. The van der Waals surface area contributed by atoms with Crippen LogP contribution in [0.25, 0.3) is 0 Å². The van der Waals surface area contributed by atoms with Crippen molar-refractivity contribution in [2.24, 2.45) is 0 Å². The quantitative estimate of drug-likeness (QED) is 0.863. The number of hydrogen-bond acceptors (Lipinski definition) is 2. The number of anilines is 1. The van der Waals surface area contributed by atoms with Crippen molar-refractivity contribution in [3.8, 4) is 0 Å². The van der Waals surface area contributed by atoms with E-state index in [4.69, 9.17) is 0 Å². The number of para-hydroxylation sites is 1. The van der Waals surface area contributed by atoms with Crippen LogP contribution in [0.4, 0.5) is 5.69 Å². The highest BCUT2D eigenvalue weighted by atomic mass is 16.3. The summed E-state index contributed by atoms with van der Waals surface area (Å²) in [5.41, 5.74) is 1.49. The molecule has 1 amide bonds. The van der Waals surface area contributed by atoms with E-state index in [0.29, 0.717) is 16.8 Å². The molecule has 0 aromatic heterocycles. The summed E-state index contributed by atoms with van der Waals surface area (Å²) in [5, 5.41) is 13.6. The molecule has 3 heteroatoms. The van der Waals surface area contributed by atoms with E-state index < -0.39 is 11.5 Å². The zero-order valence-corrected chi connectivity index (χ0v) is 10.7. The molecule has 1 aliphatic rings. The van der Waals surface area contributed by atoms with E-state index in [1.54, 1.807) is 12.1 Å². The molecule has 1 aliphatic heterocycles. The number of rotatable bonds is 2. The van der Waals surface area contributed by atoms with E-state index in [1.165, 1.54) is 5.56 Å². The number of hydrogen-bond donors (Lipinski definition) is 2. The number of benzene rings is 2. The molecule has 96 valence electrons. The van der Waals surface area contributed by atoms with Crippen LogP contribution in [0.5, 0.6) is 0 Å². The van der Waals surface area contributed by atoms with E-state index in [1.807, 2.05) is 36.4 Å². The lowest BCUT2D eigenvalue weighted by molar-refractivity contribution is -0.129. The fraction of sp³-hybridized carbons (Fsp3) is 0.188. The zero-order valence-electron chi connectivity index (χ0n) is 10.7. The number of fused-ring (bicyclic) bond motifs is 1. The Hall–Kier alpha value is -2.13. The Kier molecular flexibility index (Phi) is 2.64. The lowest BCUT2D eigenvalue weighted by Crippen LogP contribution is -2.35. The summed E-state index contributed by atoms with van der Waals surface area (Å²) in [4.78, 5) is 12.1. The van der Waals surface area contributed by atoms with Crippen molar-refractivity contribution in [1.29, 1.82) is 0 Å². The maximum atomic E-state index is 12.1. The van der Waals surface area contributed by atoms with Gasteiger partial charge in [0.1, 0.15) is 0 Å². The number of nitrogens with one attached hydrogen (secondary N) is 1. The number of carbonyl (C=O) groups excluding carboxylic acids is 1. The molecule has 1 unspecified atom stereocenters. The number of amides is 1. The van der Waals surface area contributed by atoms with Crippen LogP contribution < -0.4 is 5.32 Å². The molecule has 3 rings (SSSR count). The largest absolute Gasteiger partial charge is 0.372 e. The van der Waals surface area contributed by atoms with Crippen LogP contribution in [-0.2, 0) is 16.8 Å².